The van der Waals surface area contributed by atoms with Gasteiger partial charge in [0.1, 0.15) is 5.82 Å². The number of carbonyl (C=O) groups excluding carboxylic acids is 3. The largest absolute Gasteiger partial charge is 0.416 e. The molecule has 0 spiro atoms. The molecule has 2 aromatic carbocycles. The van der Waals surface area contributed by atoms with Crippen molar-refractivity contribution in [3.8, 4) is 0 Å². The van der Waals surface area contributed by atoms with Gasteiger partial charge in [-0.05, 0) is 68.0 Å². The summed E-state index contributed by atoms with van der Waals surface area (Å²) in [4.78, 5) is 41.1. The summed E-state index contributed by atoms with van der Waals surface area (Å²) < 4.78 is 94.4. The molecule has 1 N–H and O–H groups in total. The molecule has 1 aliphatic carbocycles. The molecule has 6 nitrogen and oxygen atoms in total. The summed E-state index contributed by atoms with van der Waals surface area (Å²) in [5.41, 5.74) is -3.39. The monoisotopic (exact) mass is 615 g/mol. The molecule has 1 saturated heterocycles. The number of nitrogens with zero attached hydrogens (tertiary/aromatic N) is 2. The summed E-state index contributed by atoms with van der Waals surface area (Å²) in [5.74, 6) is -2.67. The Bertz CT molecular complexity index is 1300. The average molecular weight is 616 g/mol. The van der Waals surface area contributed by atoms with E-state index in [2.05, 4.69) is 5.32 Å². The van der Waals surface area contributed by atoms with Crippen LogP contribution in [0.2, 0.25) is 0 Å². The molecule has 0 unspecified atom stereocenters. The maximum atomic E-state index is 13.7. The summed E-state index contributed by atoms with van der Waals surface area (Å²) in [6.07, 6.45) is -7.61. The number of amides is 3. The number of piperidine rings is 1. The van der Waals surface area contributed by atoms with Gasteiger partial charge in [0.15, 0.2) is 0 Å². The van der Waals surface area contributed by atoms with Gasteiger partial charge in [-0.2, -0.15) is 26.3 Å². The Morgan fingerprint density at radius 3 is 1.93 bits per heavy atom. The van der Waals surface area contributed by atoms with Crippen molar-refractivity contribution in [3.63, 3.8) is 0 Å². The second-order valence-electron chi connectivity index (χ2n) is 11.3. The number of benzene rings is 2. The highest BCUT2D eigenvalue weighted by Crippen LogP contribution is 2.38. The van der Waals surface area contributed by atoms with Crippen LogP contribution in [-0.4, -0.2) is 59.7 Å². The van der Waals surface area contributed by atoms with Crippen LogP contribution in [-0.2, 0) is 21.9 Å². The van der Waals surface area contributed by atoms with Crippen LogP contribution < -0.4 is 5.32 Å². The molecule has 1 saturated carbocycles. The zero-order valence-electron chi connectivity index (χ0n) is 23.6. The molecule has 234 valence electrons. The number of hydrogen-bond acceptors (Lipinski definition) is 3. The topological polar surface area (TPSA) is 69.7 Å². The first-order chi connectivity index (χ1) is 20.0. The lowest BCUT2D eigenvalue weighted by Gasteiger charge is -2.44. The van der Waals surface area contributed by atoms with Crippen molar-refractivity contribution < 1.29 is 45.1 Å². The first kappa shape index (κ1) is 32.3. The number of carbonyl (C=O) groups is 3. The van der Waals surface area contributed by atoms with E-state index in [0.29, 0.717) is 43.4 Å². The highest BCUT2D eigenvalue weighted by Gasteiger charge is 2.41. The summed E-state index contributed by atoms with van der Waals surface area (Å²) in [5, 5.41) is 2.86. The fourth-order valence-electron chi connectivity index (χ4n) is 6.10. The molecule has 0 bridgehead atoms. The fourth-order valence-corrected chi connectivity index (χ4v) is 6.10. The van der Waals surface area contributed by atoms with Crippen LogP contribution in [0.4, 0.5) is 30.7 Å². The van der Waals surface area contributed by atoms with Gasteiger partial charge in [0, 0.05) is 56.5 Å². The van der Waals surface area contributed by atoms with Crippen molar-refractivity contribution in [2.24, 2.45) is 5.92 Å². The quantitative estimate of drug-likeness (QED) is 0.419. The number of hydrogen-bond donors (Lipinski definition) is 1. The second kappa shape index (κ2) is 12.5. The van der Waals surface area contributed by atoms with Crippen LogP contribution in [0, 0.1) is 11.7 Å². The van der Waals surface area contributed by atoms with Crippen molar-refractivity contribution >= 4 is 17.7 Å². The third kappa shape index (κ3) is 7.66. The predicted molar refractivity (Wildman–Crippen MR) is 142 cm³/mol. The molecule has 2 atom stereocenters. The molecule has 0 radical (unpaired) electrons. The van der Waals surface area contributed by atoms with Gasteiger partial charge in [-0.15, -0.1) is 0 Å². The summed E-state index contributed by atoms with van der Waals surface area (Å²) in [6, 6.07) is 5.45. The van der Waals surface area contributed by atoms with Crippen LogP contribution in [0.25, 0.3) is 0 Å². The molecule has 3 amide bonds. The predicted octanol–water partition coefficient (Wildman–Crippen LogP) is 6.01. The molecule has 0 aromatic heterocycles. The zero-order chi connectivity index (χ0) is 31.7. The number of alkyl halides is 6. The lowest BCUT2D eigenvalue weighted by molar-refractivity contribution is -0.143. The number of rotatable bonds is 5. The standard InChI is InChI=1S/C30H32F7N3O3/c1-17(41)38-24-9-5-19(6-10-24)28(43)40-12-11-26(25(16-40)18-3-7-23(31)8-4-18)39(2)27(42)20-13-21(29(32,33)34)15-22(14-20)30(35,36)37/h3-4,7-8,13-15,19,24-26H,5-6,9-12,16H2,1-2H3,(H,38,41)/t19?,24?,25-,26+/m0/s1. The maximum absolute atomic E-state index is 13.7. The summed E-state index contributed by atoms with van der Waals surface area (Å²) in [6.45, 7) is 1.76. The number of likely N-dealkylation sites (N-methyl/N-ethyl adjacent to an activating group) is 1. The van der Waals surface area contributed by atoms with Crippen molar-refractivity contribution in [1.29, 1.82) is 0 Å². The fraction of sp³-hybridized carbons (Fsp3) is 0.500. The highest BCUT2D eigenvalue weighted by molar-refractivity contribution is 5.95. The second-order valence-corrected chi connectivity index (χ2v) is 11.3. The Kier molecular flexibility index (Phi) is 9.41. The van der Waals surface area contributed by atoms with E-state index in [9.17, 15) is 45.1 Å². The van der Waals surface area contributed by atoms with E-state index in [1.807, 2.05) is 0 Å². The minimum atomic E-state index is -5.11. The molecule has 2 aliphatic rings. The van der Waals surface area contributed by atoms with Gasteiger partial charge >= 0.3 is 12.4 Å². The normalized spacial score (nSPS) is 23.0. The maximum Gasteiger partial charge on any atom is 0.416 e. The molecule has 1 aliphatic heterocycles. The first-order valence-electron chi connectivity index (χ1n) is 13.9. The van der Waals surface area contributed by atoms with Gasteiger partial charge in [0.25, 0.3) is 5.91 Å². The van der Waals surface area contributed by atoms with E-state index in [-0.39, 0.29) is 49.4 Å². The molecule has 2 aromatic rings. The molecule has 13 heteroatoms. The minimum Gasteiger partial charge on any atom is -0.354 e. The van der Waals surface area contributed by atoms with E-state index < -0.39 is 52.7 Å². The van der Waals surface area contributed by atoms with Crippen LogP contribution in [0.15, 0.2) is 42.5 Å². The SMILES string of the molecule is CC(=O)NC1CCC(C(=O)N2CC[C@@H](N(C)C(=O)c3cc(C(F)(F)F)cc(C(F)(F)F)c3)[C@H](c3ccc(F)cc3)C2)CC1. The summed E-state index contributed by atoms with van der Waals surface area (Å²) >= 11 is 0. The highest BCUT2D eigenvalue weighted by atomic mass is 19.4. The van der Waals surface area contributed by atoms with E-state index in [1.54, 1.807) is 4.90 Å². The van der Waals surface area contributed by atoms with Crippen molar-refractivity contribution in [3.05, 3.63) is 70.5 Å². The van der Waals surface area contributed by atoms with Crippen molar-refractivity contribution in [2.45, 2.75) is 69.4 Å². The Balaban J connectivity index is 1.58. The Labute approximate surface area is 244 Å². The van der Waals surface area contributed by atoms with Gasteiger partial charge in [0.2, 0.25) is 11.8 Å². The van der Waals surface area contributed by atoms with Gasteiger partial charge < -0.3 is 15.1 Å². The third-order valence-electron chi connectivity index (χ3n) is 8.32. The Morgan fingerprint density at radius 1 is 0.860 bits per heavy atom. The molecule has 1 heterocycles. The van der Waals surface area contributed by atoms with Crippen LogP contribution in [0.5, 0.6) is 0 Å². The molecule has 43 heavy (non-hydrogen) atoms. The van der Waals surface area contributed by atoms with E-state index in [4.69, 9.17) is 0 Å². The lowest BCUT2D eigenvalue weighted by Crippen LogP contribution is -2.53. The molecule has 4 rings (SSSR count). The third-order valence-corrected chi connectivity index (χ3v) is 8.32. The molecular weight excluding hydrogens is 583 g/mol. The number of halogens is 7. The van der Waals surface area contributed by atoms with Crippen LogP contribution in [0.3, 0.4) is 0 Å². The molecule has 2 fully saturated rings. The van der Waals surface area contributed by atoms with Gasteiger partial charge in [0.05, 0.1) is 11.1 Å². The van der Waals surface area contributed by atoms with Crippen LogP contribution in [0.1, 0.15) is 72.0 Å². The smallest absolute Gasteiger partial charge is 0.354 e. The summed E-state index contributed by atoms with van der Waals surface area (Å²) in [7, 11) is 1.30. The Hall–Kier alpha value is -3.64. The van der Waals surface area contributed by atoms with Crippen molar-refractivity contribution in [1.82, 2.24) is 15.1 Å². The number of nitrogens with one attached hydrogen (secondary N) is 1. The van der Waals surface area contributed by atoms with Gasteiger partial charge in [-0.1, -0.05) is 12.1 Å². The van der Waals surface area contributed by atoms with E-state index in [0.717, 1.165) is 4.90 Å². The lowest BCUT2D eigenvalue weighted by atomic mass is 9.82. The van der Waals surface area contributed by atoms with Crippen LogP contribution >= 0.6 is 0 Å². The average Bonchev–Trinajstić information content (AvgIpc) is 2.95. The van der Waals surface area contributed by atoms with Gasteiger partial charge in [-0.25, -0.2) is 4.39 Å². The zero-order valence-corrected chi connectivity index (χ0v) is 23.6. The molecular formula is C30H32F7N3O3. The van der Waals surface area contributed by atoms with Gasteiger partial charge in [-0.3, -0.25) is 14.4 Å². The Morgan fingerprint density at radius 2 is 1.42 bits per heavy atom. The minimum absolute atomic E-state index is 0.00683. The van der Waals surface area contributed by atoms with Crippen molar-refractivity contribution in [2.75, 3.05) is 20.1 Å². The van der Waals surface area contributed by atoms with E-state index in [1.165, 1.54) is 38.2 Å². The first-order valence-corrected chi connectivity index (χ1v) is 13.9. The number of likely N-dealkylation sites (tertiary alicyclic amines) is 1. The van der Waals surface area contributed by atoms with E-state index >= 15 is 0 Å².